The van der Waals surface area contributed by atoms with E-state index in [2.05, 4.69) is 9.97 Å². The molecule has 4 rings (SSSR count). The molecule has 0 saturated carbocycles. The minimum absolute atomic E-state index is 0.0279. The Morgan fingerprint density at radius 2 is 1.92 bits per heavy atom. The number of piperidine rings is 1. The molecule has 0 atom stereocenters. The molecular formula is C27H33F2N5O4. The first-order valence-corrected chi connectivity index (χ1v) is 12.8. The van der Waals surface area contributed by atoms with E-state index in [1.807, 2.05) is 0 Å². The standard InChI is InChI=1S/C27H33F2N5O4/c1-17(2)38-27(37)33-10-7-20(8-11-33)34-15-22(29)24-23(30-16-31-25(24)34)14-18-5-6-19(13-21(18)28)26(36)32(3)9-4-12-35/h5-6,13,15-17,20,35H,4,7-12,14H2,1-3H3. The number of amides is 2. The maximum Gasteiger partial charge on any atom is 0.410 e. The number of ether oxygens (including phenoxy) is 1. The highest BCUT2D eigenvalue weighted by atomic mass is 19.1. The first-order valence-electron chi connectivity index (χ1n) is 12.8. The second kappa shape index (κ2) is 11.8. The average Bonchev–Trinajstić information content (AvgIpc) is 3.24. The third-order valence-electron chi connectivity index (χ3n) is 6.75. The van der Waals surface area contributed by atoms with Gasteiger partial charge in [0.05, 0.1) is 17.2 Å². The zero-order chi connectivity index (χ0) is 27.4. The van der Waals surface area contributed by atoms with Crippen molar-refractivity contribution in [2.75, 3.05) is 33.3 Å². The molecule has 204 valence electrons. The van der Waals surface area contributed by atoms with Gasteiger partial charge in [0.15, 0.2) is 5.82 Å². The molecule has 0 radical (unpaired) electrons. The summed E-state index contributed by atoms with van der Waals surface area (Å²) in [5.41, 5.74) is 1.25. The van der Waals surface area contributed by atoms with Gasteiger partial charge in [0.1, 0.15) is 17.8 Å². The van der Waals surface area contributed by atoms with Gasteiger partial charge in [0, 0.05) is 57.5 Å². The Morgan fingerprint density at radius 1 is 1.18 bits per heavy atom. The monoisotopic (exact) mass is 529 g/mol. The quantitative estimate of drug-likeness (QED) is 0.475. The van der Waals surface area contributed by atoms with Gasteiger partial charge in [-0.15, -0.1) is 0 Å². The highest BCUT2D eigenvalue weighted by molar-refractivity contribution is 5.94. The predicted octanol–water partition coefficient (Wildman–Crippen LogP) is 3.94. The number of hydrogen-bond donors (Lipinski definition) is 1. The lowest BCUT2D eigenvalue weighted by molar-refractivity contribution is 0.0662. The summed E-state index contributed by atoms with van der Waals surface area (Å²) in [7, 11) is 1.59. The fourth-order valence-electron chi connectivity index (χ4n) is 4.75. The Morgan fingerprint density at radius 3 is 2.58 bits per heavy atom. The van der Waals surface area contributed by atoms with Crippen molar-refractivity contribution in [3.05, 3.63) is 59.2 Å². The molecule has 3 heterocycles. The van der Waals surface area contributed by atoms with Crippen LogP contribution in [0.2, 0.25) is 0 Å². The van der Waals surface area contributed by atoms with Crippen LogP contribution in [0.4, 0.5) is 13.6 Å². The number of benzene rings is 1. The van der Waals surface area contributed by atoms with Crippen molar-refractivity contribution in [3.8, 4) is 0 Å². The molecule has 38 heavy (non-hydrogen) atoms. The second-order valence-electron chi connectivity index (χ2n) is 9.84. The summed E-state index contributed by atoms with van der Waals surface area (Å²) in [4.78, 5) is 36.4. The van der Waals surface area contributed by atoms with E-state index in [1.165, 1.54) is 35.6 Å². The van der Waals surface area contributed by atoms with Crippen molar-refractivity contribution < 1.29 is 28.2 Å². The first kappa shape index (κ1) is 27.4. The lowest BCUT2D eigenvalue weighted by Crippen LogP contribution is -2.40. The number of rotatable bonds is 8. The van der Waals surface area contributed by atoms with Crippen molar-refractivity contribution in [1.82, 2.24) is 24.3 Å². The Kier molecular flexibility index (Phi) is 8.55. The molecule has 0 unspecified atom stereocenters. The molecule has 2 aromatic heterocycles. The van der Waals surface area contributed by atoms with E-state index in [0.29, 0.717) is 50.2 Å². The molecule has 0 bridgehead atoms. The van der Waals surface area contributed by atoms with Crippen molar-refractivity contribution in [2.45, 2.75) is 51.7 Å². The molecule has 2 amide bonds. The maximum absolute atomic E-state index is 15.2. The van der Waals surface area contributed by atoms with Gasteiger partial charge in [0.25, 0.3) is 5.91 Å². The maximum atomic E-state index is 15.2. The van der Waals surface area contributed by atoms with E-state index in [4.69, 9.17) is 9.84 Å². The number of nitrogens with zero attached hydrogens (tertiary/aromatic N) is 5. The fraction of sp³-hybridized carbons (Fsp3) is 0.481. The zero-order valence-corrected chi connectivity index (χ0v) is 21.9. The molecule has 11 heteroatoms. The number of carbonyl (C=O) groups excluding carboxylic acids is 2. The minimum atomic E-state index is -0.585. The van der Waals surface area contributed by atoms with E-state index in [-0.39, 0.29) is 53.7 Å². The number of aliphatic hydroxyl groups is 1. The summed E-state index contributed by atoms with van der Waals surface area (Å²) in [6, 6.07) is 4.16. The number of hydrogen-bond acceptors (Lipinski definition) is 6. The molecule has 9 nitrogen and oxygen atoms in total. The number of likely N-dealkylation sites (tertiary alicyclic amines) is 1. The summed E-state index contributed by atoms with van der Waals surface area (Å²) in [6.45, 7) is 4.89. The Hall–Kier alpha value is -3.60. The van der Waals surface area contributed by atoms with Gasteiger partial charge in [-0.1, -0.05) is 6.07 Å². The molecule has 0 spiro atoms. The summed E-state index contributed by atoms with van der Waals surface area (Å²) >= 11 is 0. The average molecular weight is 530 g/mol. The van der Waals surface area contributed by atoms with Gasteiger partial charge in [-0.25, -0.2) is 23.5 Å². The summed E-state index contributed by atoms with van der Waals surface area (Å²) in [5.74, 6) is -1.42. The zero-order valence-electron chi connectivity index (χ0n) is 21.9. The molecular weight excluding hydrogens is 496 g/mol. The van der Waals surface area contributed by atoms with Crippen LogP contribution in [0.25, 0.3) is 11.0 Å². The number of halogens is 2. The first-order chi connectivity index (χ1) is 18.2. The van der Waals surface area contributed by atoms with Crippen molar-refractivity contribution in [2.24, 2.45) is 0 Å². The van der Waals surface area contributed by atoms with Gasteiger partial charge < -0.3 is 24.2 Å². The predicted molar refractivity (Wildman–Crippen MR) is 137 cm³/mol. The third-order valence-corrected chi connectivity index (χ3v) is 6.75. The molecule has 1 aliphatic rings. The van der Waals surface area contributed by atoms with Crippen molar-refractivity contribution >= 4 is 23.0 Å². The van der Waals surface area contributed by atoms with Crippen molar-refractivity contribution in [1.29, 1.82) is 0 Å². The van der Waals surface area contributed by atoms with Gasteiger partial charge in [-0.2, -0.15) is 0 Å². The summed E-state index contributed by atoms with van der Waals surface area (Å²) in [5, 5.41) is 9.19. The molecule has 1 aliphatic heterocycles. The molecule has 1 aromatic carbocycles. The van der Waals surface area contributed by atoms with Crippen LogP contribution in [0.15, 0.2) is 30.7 Å². The molecule has 1 fully saturated rings. The van der Waals surface area contributed by atoms with Crippen LogP contribution in [0.3, 0.4) is 0 Å². The lowest BCUT2D eigenvalue weighted by atomic mass is 10.0. The topological polar surface area (TPSA) is 101 Å². The SMILES string of the molecule is CC(C)OC(=O)N1CCC(n2cc(F)c3c(Cc4ccc(C(=O)N(C)CCCO)cc4F)ncnc32)CC1. The van der Waals surface area contributed by atoms with Gasteiger partial charge >= 0.3 is 6.09 Å². The van der Waals surface area contributed by atoms with Gasteiger partial charge in [0.2, 0.25) is 0 Å². The molecule has 3 aromatic rings. The molecule has 1 N–H and O–H groups in total. The Balaban J connectivity index is 1.52. The highest BCUT2D eigenvalue weighted by Gasteiger charge is 2.28. The third kappa shape index (κ3) is 5.93. The number of aromatic nitrogens is 3. The van der Waals surface area contributed by atoms with Crippen LogP contribution >= 0.6 is 0 Å². The lowest BCUT2D eigenvalue weighted by Gasteiger charge is -2.32. The molecule has 1 saturated heterocycles. The van der Waals surface area contributed by atoms with Crippen LogP contribution in [0, 0.1) is 11.6 Å². The van der Waals surface area contributed by atoms with Crippen LogP contribution in [0.5, 0.6) is 0 Å². The highest BCUT2D eigenvalue weighted by Crippen LogP contribution is 2.31. The van der Waals surface area contributed by atoms with Gasteiger partial charge in [-0.05, 0) is 50.8 Å². The smallest absolute Gasteiger partial charge is 0.410 e. The van der Waals surface area contributed by atoms with Crippen LogP contribution < -0.4 is 0 Å². The van der Waals surface area contributed by atoms with E-state index < -0.39 is 11.6 Å². The van der Waals surface area contributed by atoms with E-state index >= 15 is 4.39 Å². The fourth-order valence-corrected chi connectivity index (χ4v) is 4.75. The number of carbonyl (C=O) groups is 2. The Labute approximate surface area is 220 Å². The van der Waals surface area contributed by atoms with Crippen molar-refractivity contribution in [3.63, 3.8) is 0 Å². The summed E-state index contributed by atoms with van der Waals surface area (Å²) in [6.07, 6.45) is 3.89. The minimum Gasteiger partial charge on any atom is -0.447 e. The van der Waals surface area contributed by atoms with E-state index in [1.54, 1.807) is 30.4 Å². The van der Waals surface area contributed by atoms with E-state index in [9.17, 15) is 14.0 Å². The largest absolute Gasteiger partial charge is 0.447 e. The Bertz CT molecular complexity index is 1300. The van der Waals surface area contributed by atoms with Crippen LogP contribution in [-0.2, 0) is 11.2 Å². The van der Waals surface area contributed by atoms with Crippen LogP contribution in [0.1, 0.15) is 60.8 Å². The molecule has 0 aliphatic carbocycles. The second-order valence-corrected chi connectivity index (χ2v) is 9.84. The summed E-state index contributed by atoms with van der Waals surface area (Å²) < 4.78 is 37.2. The van der Waals surface area contributed by atoms with Crippen LogP contribution in [-0.4, -0.2) is 80.8 Å². The normalized spacial score (nSPS) is 14.3. The van der Waals surface area contributed by atoms with Gasteiger partial charge in [-0.3, -0.25) is 4.79 Å². The van der Waals surface area contributed by atoms with E-state index in [0.717, 1.165) is 0 Å². The number of fused-ring (bicyclic) bond motifs is 1. The number of aliphatic hydroxyl groups excluding tert-OH is 1.